The van der Waals surface area contributed by atoms with Crippen LogP contribution < -0.4 is 9.47 Å². The zero-order valence-corrected chi connectivity index (χ0v) is 21.7. The minimum Gasteiger partial charge on any atom is -0.497 e. The molecule has 0 radical (unpaired) electrons. The van der Waals surface area contributed by atoms with Crippen molar-refractivity contribution in [3.63, 3.8) is 0 Å². The molecule has 0 bridgehead atoms. The van der Waals surface area contributed by atoms with Gasteiger partial charge in [0.1, 0.15) is 18.0 Å². The highest BCUT2D eigenvalue weighted by atomic mass is 32.1. The molecule has 0 spiro atoms. The van der Waals surface area contributed by atoms with Gasteiger partial charge in [-0.25, -0.2) is 0 Å². The first-order valence-corrected chi connectivity index (χ1v) is 12.7. The molecule has 0 N–H and O–H groups in total. The standard InChI is InChI=1S/C28H32N2O4S/c1-18(2)30(28(32)22-11-10-21(33-4)16-24(22)34-5)17-26(31)29-14-12-25-23(13-15-35-25)27(29)20-8-6-19(3)7-9-20/h6-11,13,15-16,18,27H,12,14,17H2,1-5H3. The van der Waals surface area contributed by atoms with Crippen molar-refractivity contribution in [2.75, 3.05) is 27.3 Å². The maximum absolute atomic E-state index is 13.8. The molecule has 3 aromatic rings. The third-order valence-electron chi connectivity index (χ3n) is 6.51. The van der Waals surface area contributed by atoms with Crippen LogP contribution in [0, 0.1) is 6.92 Å². The quantitative estimate of drug-likeness (QED) is 0.461. The predicted molar refractivity (Wildman–Crippen MR) is 138 cm³/mol. The lowest BCUT2D eigenvalue weighted by molar-refractivity contribution is -0.134. The molecular weight excluding hydrogens is 460 g/mol. The second-order valence-corrected chi connectivity index (χ2v) is 10.0. The number of nitrogens with zero attached hydrogens (tertiary/aromatic N) is 2. The molecule has 35 heavy (non-hydrogen) atoms. The fourth-order valence-corrected chi connectivity index (χ4v) is 5.45. The van der Waals surface area contributed by atoms with Gasteiger partial charge in [0.15, 0.2) is 0 Å². The maximum atomic E-state index is 13.8. The van der Waals surface area contributed by atoms with Gasteiger partial charge in [-0.2, -0.15) is 0 Å². The largest absolute Gasteiger partial charge is 0.497 e. The van der Waals surface area contributed by atoms with E-state index in [1.165, 1.54) is 23.1 Å². The third-order valence-corrected chi connectivity index (χ3v) is 7.50. The van der Waals surface area contributed by atoms with Crippen LogP contribution in [0.3, 0.4) is 0 Å². The second-order valence-electron chi connectivity index (χ2n) is 9.04. The summed E-state index contributed by atoms with van der Waals surface area (Å²) in [4.78, 5) is 32.2. The molecule has 7 heteroatoms. The zero-order chi connectivity index (χ0) is 25.1. The highest BCUT2D eigenvalue weighted by Crippen LogP contribution is 2.38. The van der Waals surface area contributed by atoms with Gasteiger partial charge < -0.3 is 19.3 Å². The number of hydrogen-bond donors (Lipinski definition) is 0. The van der Waals surface area contributed by atoms with E-state index in [1.54, 1.807) is 41.5 Å². The monoisotopic (exact) mass is 492 g/mol. The minimum atomic E-state index is -0.243. The number of benzene rings is 2. The van der Waals surface area contributed by atoms with Gasteiger partial charge in [-0.3, -0.25) is 9.59 Å². The number of hydrogen-bond acceptors (Lipinski definition) is 5. The number of carbonyl (C=O) groups excluding carboxylic acids is 2. The van der Waals surface area contributed by atoms with Gasteiger partial charge in [-0.05, 0) is 61.9 Å². The van der Waals surface area contributed by atoms with Crippen LogP contribution >= 0.6 is 11.3 Å². The van der Waals surface area contributed by atoms with E-state index >= 15 is 0 Å². The fourth-order valence-electron chi connectivity index (χ4n) is 4.55. The average molecular weight is 493 g/mol. The summed E-state index contributed by atoms with van der Waals surface area (Å²) in [5.41, 5.74) is 3.85. The molecule has 2 heterocycles. The predicted octanol–water partition coefficient (Wildman–Crippen LogP) is 5.10. The van der Waals surface area contributed by atoms with Crippen molar-refractivity contribution in [3.05, 3.63) is 81.0 Å². The molecule has 1 aromatic heterocycles. The molecule has 0 fully saturated rings. The van der Waals surface area contributed by atoms with E-state index in [0.717, 1.165) is 12.0 Å². The Balaban J connectivity index is 1.63. The van der Waals surface area contributed by atoms with Crippen LogP contribution in [-0.2, 0) is 11.2 Å². The Kier molecular flexibility index (Phi) is 7.45. The number of methoxy groups -OCH3 is 2. The van der Waals surface area contributed by atoms with E-state index in [1.807, 2.05) is 18.7 Å². The molecule has 2 amide bonds. The summed E-state index contributed by atoms with van der Waals surface area (Å²) in [5.74, 6) is 0.715. The molecule has 6 nitrogen and oxygen atoms in total. The maximum Gasteiger partial charge on any atom is 0.258 e. The van der Waals surface area contributed by atoms with Gasteiger partial charge in [-0.1, -0.05) is 29.8 Å². The molecule has 0 saturated carbocycles. The van der Waals surface area contributed by atoms with Crippen molar-refractivity contribution >= 4 is 23.2 Å². The van der Waals surface area contributed by atoms with E-state index < -0.39 is 0 Å². The average Bonchev–Trinajstić information content (AvgIpc) is 3.35. The molecule has 2 aromatic carbocycles. The molecule has 0 saturated heterocycles. The molecule has 0 aliphatic carbocycles. The smallest absolute Gasteiger partial charge is 0.258 e. The van der Waals surface area contributed by atoms with Crippen LogP contribution in [-0.4, -0.2) is 55.0 Å². The summed E-state index contributed by atoms with van der Waals surface area (Å²) in [7, 11) is 3.09. The summed E-state index contributed by atoms with van der Waals surface area (Å²) in [6.45, 7) is 6.52. The first-order valence-electron chi connectivity index (χ1n) is 11.8. The van der Waals surface area contributed by atoms with Gasteiger partial charge in [0.05, 0.1) is 25.8 Å². The highest BCUT2D eigenvalue weighted by Gasteiger charge is 2.35. The van der Waals surface area contributed by atoms with E-state index in [4.69, 9.17) is 9.47 Å². The number of rotatable bonds is 7. The SMILES string of the molecule is COc1ccc(C(=O)N(CC(=O)N2CCc3sccc3C2c2ccc(C)cc2)C(C)C)c(OC)c1. The second kappa shape index (κ2) is 10.5. The van der Waals surface area contributed by atoms with Crippen LogP contribution in [0.25, 0.3) is 0 Å². The van der Waals surface area contributed by atoms with Crippen LogP contribution in [0.15, 0.2) is 53.9 Å². The Labute approximate surface area is 211 Å². The van der Waals surface area contributed by atoms with E-state index in [0.29, 0.717) is 23.6 Å². The molecule has 1 aliphatic heterocycles. The third kappa shape index (κ3) is 5.05. The summed E-state index contributed by atoms with van der Waals surface area (Å²) >= 11 is 1.74. The number of thiophene rings is 1. The topological polar surface area (TPSA) is 59.1 Å². The number of amides is 2. The van der Waals surface area contributed by atoms with Crippen LogP contribution in [0.4, 0.5) is 0 Å². The van der Waals surface area contributed by atoms with E-state index in [-0.39, 0.29) is 30.4 Å². The van der Waals surface area contributed by atoms with Crippen LogP contribution in [0.1, 0.15) is 51.8 Å². The van der Waals surface area contributed by atoms with Crippen LogP contribution in [0.5, 0.6) is 11.5 Å². The Morgan fingerprint density at radius 3 is 2.49 bits per heavy atom. The van der Waals surface area contributed by atoms with Crippen molar-refractivity contribution in [2.24, 2.45) is 0 Å². The van der Waals surface area contributed by atoms with E-state index in [9.17, 15) is 9.59 Å². The Morgan fingerprint density at radius 1 is 1.09 bits per heavy atom. The highest BCUT2D eigenvalue weighted by molar-refractivity contribution is 7.10. The molecule has 184 valence electrons. The van der Waals surface area contributed by atoms with Gasteiger partial charge in [0.2, 0.25) is 5.91 Å². The lowest BCUT2D eigenvalue weighted by Gasteiger charge is -2.38. The number of carbonyl (C=O) groups is 2. The fraction of sp³-hybridized carbons (Fsp3) is 0.357. The first-order chi connectivity index (χ1) is 16.8. The summed E-state index contributed by atoms with van der Waals surface area (Å²) in [6, 6.07) is 15.3. The van der Waals surface area contributed by atoms with E-state index in [2.05, 4.69) is 42.6 Å². The number of ether oxygens (including phenoxy) is 2. The Hall–Kier alpha value is -3.32. The van der Waals surface area contributed by atoms with Gasteiger partial charge in [-0.15, -0.1) is 11.3 Å². The van der Waals surface area contributed by atoms with Crippen molar-refractivity contribution in [3.8, 4) is 11.5 Å². The van der Waals surface area contributed by atoms with Crippen LogP contribution in [0.2, 0.25) is 0 Å². The van der Waals surface area contributed by atoms with Gasteiger partial charge in [0.25, 0.3) is 5.91 Å². The van der Waals surface area contributed by atoms with Gasteiger partial charge in [0, 0.05) is 23.5 Å². The lowest BCUT2D eigenvalue weighted by Crippen LogP contribution is -2.48. The summed E-state index contributed by atoms with van der Waals surface area (Å²) < 4.78 is 10.7. The normalized spacial score (nSPS) is 15.0. The molecule has 1 aliphatic rings. The summed E-state index contributed by atoms with van der Waals surface area (Å²) in [5, 5.41) is 2.10. The Morgan fingerprint density at radius 2 is 1.83 bits per heavy atom. The van der Waals surface area contributed by atoms with Crippen molar-refractivity contribution < 1.29 is 19.1 Å². The van der Waals surface area contributed by atoms with Crippen molar-refractivity contribution in [1.82, 2.24) is 9.80 Å². The molecular formula is C28H32N2O4S. The summed E-state index contributed by atoms with van der Waals surface area (Å²) in [6.07, 6.45) is 0.822. The Bertz CT molecular complexity index is 1200. The lowest BCUT2D eigenvalue weighted by atomic mass is 9.92. The van der Waals surface area contributed by atoms with Crippen molar-refractivity contribution in [2.45, 2.75) is 39.3 Å². The zero-order valence-electron chi connectivity index (χ0n) is 20.9. The number of aryl methyl sites for hydroxylation is 1. The first kappa shape index (κ1) is 24.8. The molecule has 1 atom stereocenters. The number of fused-ring (bicyclic) bond motifs is 1. The molecule has 4 rings (SSSR count). The van der Waals surface area contributed by atoms with Crippen molar-refractivity contribution in [1.29, 1.82) is 0 Å². The molecule has 1 unspecified atom stereocenters. The minimum absolute atomic E-state index is 0.00643. The van der Waals surface area contributed by atoms with Gasteiger partial charge >= 0.3 is 0 Å².